The molecule has 7 nitrogen and oxygen atoms in total. The van der Waals surface area contributed by atoms with Gasteiger partial charge in [-0.1, -0.05) is 63.2 Å². The molecule has 2 amide bonds. The van der Waals surface area contributed by atoms with Crippen LogP contribution in [0.1, 0.15) is 38.3 Å². The molecule has 1 saturated heterocycles. The first-order valence-corrected chi connectivity index (χ1v) is 16.9. The number of amides is 2. The smallest absolute Gasteiger partial charge is 0.471 e. The van der Waals surface area contributed by atoms with E-state index in [9.17, 15) is 35.9 Å². The van der Waals surface area contributed by atoms with Gasteiger partial charge in [-0.2, -0.15) is 26.3 Å². The van der Waals surface area contributed by atoms with Crippen molar-refractivity contribution < 1.29 is 49.8 Å². The van der Waals surface area contributed by atoms with Crippen molar-refractivity contribution in [1.82, 2.24) is 9.80 Å². The molecular formula is C30H38F6N2O5Si. The molecule has 1 aliphatic heterocycles. The van der Waals surface area contributed by atoms with Crippen LogP contribution in [0, 0.1) is 0 Å². The number of methoxy groups -OCH3 is 1. The van der Waals surface area contributed by atoms with Crippen LogP contribution in [0.2, 0.25) is 18.1 Å². The Bertz CT molecular complexity index is 1270. The van der Waals surface area contributed by atoms with Crippen molar-refractivity contribution in [2.24, 2.45) is 0 Å². The van der Waals surface area contributed by atoms with Crippen molar-refractivity contribution in [1.29, 1.82) is 0 Å². The van der Waals surface area contributed by atoms with Crippen LogP contribution in [-0.2, 0) is 27.1 Å². The fourth-order valence-electron chi connectivity index (χ4n) is 4.73. The maximum absolute atomic E-state index is 14.5. The molecule has 0 spiro atoms. The first-order valence-electron chi connectivity index (χ1n) is 14.0. The Morgan fingerprint density at radius 2 is 1.52 bits per heavy atom. The molecule has 0 radical (unpaired) electrons. The quantitative estimate of drug-likeness (QED) is 0.211. The van der Waals surface area contributed by atoms with E-state index in [1.165, 1.54) is 31.4 Å². The Kier molecular flexibility index (Phi) is 10.7. The van der Waals surface area contributed by atoms with Crippen LogP contribution in [0.15, 0.2) is 54.6 Å². The van der Waals surface area contributed by atoms with Gasteiger partial charge in [0.2, 0.25) is 0 Å². The van der Waals surface area contributed by atoms with Crippen molar-refractivity contribution in [2.45, 2.75) is 89.0 Å². The molecule has 14 heteroatoms. The third-order valence-electron chi connectivity index (χ3n) is 8.23. The van der Waals surface area contributed by atoms with Crippen LogP contribution in [0.3, 0.4) is 0 Å². The molecule has 3 atom stereocenters. The lowest BCUT2D eigenvalue weighted by atomic mass is 10.0. The highest BCUT2D eigenvalue weighted by Crippen LogP contribution is 2.42. The summed E-state index contributed by atoms with van der Waals surface area (Å²) in [5.74, 6) is -1.93. The van der Waals surface area contributed by atoms with Gasteiger partial charge in [-0.3, -0.25) is 9.69 Å². The summed E-state index contributed by atoms with van der Waals surface area (Å²) in [6.07, 6.45) is -12.8. The Balaban J connectivity index is 2.09. The molecule has 44 heavy (non-hydrogen) atoms. The largest absolute Gasteiger partial charge is 0.497 e. The van der Waals surface area contributed by atoms with E-state index in [2.05, 4.69) is 0 Å². The molecule has 0 saturated carbocycles. The Labute approximate surface area is 254 Å². The van der Waals surface area contributed by atoms with E-state index in [1.807, 2.05) is 33.9 Å². The average molecular weight is 649 g/mol. The van der Waals surface area contributed by atoms with Gasteiger partial charge in [0.05, 0.1) is 25.8 Å². The molecule has 0 unspecified atom stereocenters. The topological polar surface area (TPSA) is 68.3 Å². The number of nitrogens with zero attached hydrogens (tertiary/aromatic N) is 2. The van der Waals surface area contributed by atoms with Gasteiger partial charge in [0.25, 0.3) is 0 Å². The number of carbonyl (C=O) groups excluding carboxylic acids is 2. The lowest BCUT2D eigenvalue weighted by Gasteiger charge is -2.40. The van der Waals surface area contributed by atoms with Gasteiger partial charge in [0.15, 0.2) is 8.32 Å². The van der Waals surface area contributed by atoms with Crippen LogP contribution >= 0.6 is 0 Å². The van der Waals surface area contributed by atoms with Crippen molar-refractivity contribution in [3.63, 3.8) is 0 Å². The number of hydrogen-bond acceptors (Lipinski definition) is 5. The minimum atomic E-state index is -5.40. The summed E-state index contributed by atoms with van der Waals surface area (Å²) in [5, 5.41) is -0.409. The highest BCUT2D eigenvalue weighted by Gasteiger charge is 2.60. The summed E-state index contributed by atoms with van der Waals surface area (Å²) < 4.78 is 102. The molecule has 3 rings (SSSR count). The molecule has 244 valence electrons. The predicted octanol–water partition coefficient (Wildman–Crippen LogP) is 7.32. The maximum Gasteiger partial charge on any atom is 0.471 e. The molecular weight excluding hydrogens is 610 g/mol. The first kappa shape index (κ1) is 35.2. The first-order chi connectivity index (χ1) is 20.3. The summed E-state index contributed by atoms with van der Waals surface area (Å²) in [7, 11) is -1.30. The van der Waals surface area contributed by atoms with Gasteiger partial charge in [0.1, 0.15) is 18.4 Å². The second kappa shape index (κ2) is 13.4. The van der Waals surface area contributed by atoms with E-state index >= 15 is 0 Å². The van der Waals surface area contributed by atoms with Crippen molar-refractivity contribution >= 4 is 20.3 Å². The van der Waals surface area contributed by atoms with E-state index in [0.29, 0.717) is 21.1 Å². The number of hydrogen-bond donors (Lipinski definition) is 0. The second-order valence-corrected chi connectivity index (χ2v) is 17.0. The molecule has 1 aliphatic rings. The average Bonchev–Trinajstić information content (AvgIpc) is 3.33. The fourth-order valence-corrected chi connectivity index (χ4v) is 5.75. The van der Waals surface area contributed by atoms with E-state index in [4.69, 9.17) is 13.9 Å². The fraction of sp³-hybridized carbons (Fsp3) is 0.533. The van der Waals surface area contributed by atoms with Crippen LogP contribution in [-0.4, -0.2) is 74.3 Å². The number of likely N-dealkylation sites (tertiary alicyclic amines) is 1. The summed E-state index contributed by atoms with van der Waals surface area (Å²) in [6.45, 7) is 7.76. The zero-order valence-corrected chi connectivity index (χ0v) is 26.5. The molecule has 1 heterocycles. The number of benzene rings is 2. The third kappa shape index (κ3) is 8.46. The lowest BCUT2D eigenvalue weighted by molar-refractivity contribution is -0.189. The zero-order valence-electron chi connectivity index (χ0n) is 25.5. The third-order valence-corrected chi connectivity index (χ3v) is 12.7. The standard InChI is InChI=1S/C30H38F6N2O5Si/c1-28(2,3)44(5,6)43-19-24-23(37(26(39)30(34,35)36)17-20-12-14-22(41-4)15-13-20)16-25(29(31,32)33)38(24)27(40)42-18-21-10-8-7-9-11-21/h7-15,23-25H,16-19H2,1-6H3/t23-,24-,25-/m1/s1. The monoisotopic (exact) mass is 648 g/mol. The number of halogens is 6. The molecule has 0 bridgehead atoms. The Morgan fingerprint density at radius 1 is 0.932 bits per heavy atom. The van der Waals surface area contributed by atoms with Crippen LogP contribution in [0.4, 0.5) is 31.1 Å². The van der Waals surface area contributed by atoms with Gasteiger partial charge in [0, 0.05) is 6.54 Å². The SMILES string of the molecule is COc1ccc(CN(C(=O)C(F)(F)F)[C@@H]2C[C@H](C(F)(F)F)N(C(=O)OCc3ccccc3)[C@@H]2CO[Si](C)(C)C(C)(C)C)cc1. The Morgan fingerprint density at radius 3 is 2.02 bits per heavy atom. The van der Waals surface area contributed by atoms with Crippen LogP contribution in [0.5, 0.6) is 5.75 Å². The summed E-state index contributed by atoms with van der Waals surface area (Å²) >= 11 is 0. The number of carbonyl (C=O) groups is 2. The molecule has 1 fully saturated rings. The van der Waals surface area contributed by atoms with Crippen molar-refractivity contribution in [2.75, 3.05) is 13.7 Å². The lowest BCUT2D eigenvalue weighted by Crippen LogP contribution is -2.56. The molecule has 0 N–H and O–H groups in total. The minimum Gasteiger partial charge on any atom is -0.497 e. The second-order valence-electron chi connectivity index (χ2n) is 12.2. The van der Waals surface area contributed by atoms with E-state index in [1.54, 1.807) is 30.3 Å². The predicted molar refractivity (Wildman–Crippen MR) is 153 cm³/mol. The van der Waals surface area contributed by atoms with Crippen molar-refractivity contribution in [3.8, 4) is 5.75 Å². The molecule has 2 aromatic rings. The molecule has 2 aromatic carbocycles. The number of alkyl halides is 6. The minimum absolute atomic E-state index is 0.223. The number of ether oxygens (including phenoxy) is 2. The van der Waals surface area contributed by atoms with Gasteiger partial charge >= 0.3 is 24.4 Å². The molecule has 0 aromatic heterocycles. The molecule has 0 aliphatic carbocycles. The summed E-state index contributed by atoms with van der Waals surface area (Å²) in [5.41, 5.74) is 0.726. The van der Waals surface area contributed by atoms with Crippen LogP contribution < -0.4 is 4.74 Å². The highest BCUT2D eigenvalue weighted by atomic mass is 28.4. The van der Waals surface area contributed by atoms with Gasteiger partial charge in [-0.15, -0.1) is 0 Å². The van der Waals surface area contributed by atoms with Crippen LogP contribution in [0.25, 0.3) is 0 Å². The van der Waals surface area contributed by atoms with Gasteiger partial charge in [-0.05, 0) is 47.8 Å². The zero-order chi connectivity index (χ0) is 33.1. The summed E-state index contributed by atoms with van der Waals surface area (Å²) in [4.78, 5) is 27.0. The van der Waals surface area contributed by atoms with E-state index in [0.717, 1.165) is 0 Å². The van der Waals surface area contributed by atoms with Crippen molar-refractivity contribution in [3.05, 3.63) is 65.7 Å². The highest BCUT2D eigenvalue weighted by molar-refractivity contribution is 6.74. The van der Waals surface area contributed by atoms with E-state index in [-0.39, 0.29) is 12.2 Å². The maximum atomic E-state index is 14.5. The van der Waals surface area contributed by atoms with Gasteiger partial charge in [-0.25, -0.2) is 4.79 Å². The summed E-state index contributed by atoms with van der Waals surface area (Å²) in [6, 6.07) is 8.17. The van der Waals surface area contributed by atoms with Gasteiger partial charge < -0.3 is 18.8 Å². The Hall–Kier alpha value is -3.26. The normalized spacial score (nSPS) is 19.5. The number of rotatable bonds is 9. The van der Waals surface area contributed by atoms with E-state index < -0.39 is 75.4 Å².